The molecular weight excluding hydrogens is 490 g/mol. The van der Waals surface area contributed by atoms with Gasteiger partial charge in [-0.3, -0.25) is 0 Å². The molecule has 0 radical (unpaired) electrons. The van der Waals surface area contributed by atoms with Crippen molar-refractivity contribution in [2.24, 2.45) is 0 Å². The van der Waals surface area contributed by atoms with Crippen LogP contribution in [-0.4, -0.2) is 90.2 Å². The smallest absolute Gasteiger partial charge is 0.410 e. The fourth-order valence-electron chi connectivity index (χ4n) is 4.51. The number of hydrogen-bond acceptors (Lipinski definition) is 7. The van der Waals surface area contributed by atoms with Gasteiger partial charge in [0, 0.05) is 55.8 Å². The first-order chi connectivity index (χ1) is 15.7. The zero-order valence-electron chi connectivity index (χ0n) is 19.9. The van der Waals surface area contributed by atoms with E-state index in [-0.39, 0.29) is 23.9 Å². The summed E-state index contributed by atoms with van der Waals surface area (Å²) in [6.07, 6.45) is 5.64. The lowest BCUT2D eigenvalue weighted by Gasteiger charge is -2.47. The molecule has 0 atom stereocenters. The Morgan fingerprint density at radius 2 is 1.97 bits per heavy atom. The molecule has 1 spiro atoms. The highest BCUT2D eigenvalue weighted by molar-refractivity contribution is 9.10. The minimum Gasteiger partial charge on any atom is -0.474 e. The van der Waals surface area contributed by atoms with Crippen molar-refractivity contribution in [3.8, 4) is 5.88 Å². The van der Waals surface area contributed by atoms with Crippen LogP contribution in [0.4, 0.5) is 4.79 Å². The van der Waals surface area contributed by atoms with Crippen LogP contribution in [0.15, 0.2) is 22.8 Å². The van der Waals surface area contributed by atoms with E-state index in [4.69, 9.17) is 18.9 Å². The molecule has 1 aromatic heterocycles. The van der Waals surface area contributed by atoms with Crippen LogP contribution in [0.5, 0.6) is 5.88 Å². The van der Waals surface area contributed by atoms with Gasteiger partial charge in [0.1, 0.15) is 11.7 Å². The molecule has 0 unspecified atom stereocenters. The minimum absolute atomic E-state index is 0.190. The molecule has 1 aliphatic carbocycles. The molecule has 2 aliphatic heterocycles. The number of amides is 1. The number of morpholine rings is 1. The van der Waals surface area contributed by atoms with Gasteiger partial charge in [0.05, 0.1) is 31.5 Å². The zero-order valence-corrected chi connectivity index (χ0v) is 21.5. The number of halogens is 1. The van der Waals surface area contributed by atoms with Crippen molar-refractivity contribution >= 4 is 22.0 Å². The molecule has 184 valence electrons. The summed E-state index contributed by atoms with van der Waals surface area (Å²) in [6, 6.07) is 3.81. The van der Waals surface area contributed by atoms with Crippen LogP contribution in [-0.2, 0) is 14.2 Å². The fourth-order valence-corrected chi connectivity index (χ4v) is 4.75. The van der Waals surface area contributed by atoms with Crippen molar-refractivity contribution in [1.29, 1.82) is 0 Å². The summed E-state index contributed by atoms with van der Waals surface area (Å²) in [7, 11) is 0. The largest absolute Gasteiger partial charge is 0.474 e. The van der Waals surface area contributed by atoms with E-state index >= 15 is 0 Å². The van der Waals surface area contributed by atoms with E-state index in [9.17, 15) is 4.79 Å². The Balaban J connectivity index is 1.11. The Kier molecular flexibility index (Phi) is 7.83. The molecule has 4 rings (SSSR count). The van der Waals surface area contributed by atoms with Gasteiger partial charge >= 0.3 is 6.09 Å². The van der Waals surface area contributed by atoms with E-state index < -0.39 is 5.60 Å². The van der Waals surface area contributed by atoms with Gasteiger partial charge in [-0.25, -0.2) is 9.78 Å². The second-order valence-electron chi connectivity index (χ2n) is 10.3. The quantitative estimate of drug-likeness (QED) is 0.557. The molecule has 3 fully saturated rings. The van der Waals surface area contributed by atoms with Crippen molar-refractivity contribution in [2.45, 2.75) is 69.9 Å². The highest BCUT2D eigenvalue weighted by atomic mass is 79.9. The van der Waals surface area contributed by atoms with E-state index in [0.29, 0.717) is 25.6 Å². The monoisotopic (exact) mass is 525 g/mol. The van der Waals surface area contributed by atoms with Crippen LogP contribution >= 0.6 is 15.9 Å². The number of carbonyl (C=O) groups is 1. The molecule has 3 heterocycles. The number of pyridine rings is 1. The van der Waals surface area contributed by atoms with Gasteiger partial charge in [-0.05, 0) is 55.6 Å². The van der Waals surface area contributed by atoms with Gasteiger partial charge < -0.3 is 28.7 Å². The third-order valence-corrected chi connectivity index (χ3v) is 6.94. The number of aromatic nitrogens is 1. The van der Waals surface area contributed by atoms with Gasteiger partial charge in [-0.1, -0.05) is 0 Å². The van der Waals surface area contributed by atoms with Gasteiger partial charge in [-0.2, -0.15) is 0 Å². The summed E-state index contributed by atoms with van der Waals surface area (Å²) in [5.41, 5.74) is -0.722. The molecule has 3 aliphatic rings. The molecule has 9 heteroatoms. The second-order valence-corrected chi connectivity index (χ2v) is 11.2. The third kappa shape index (κ3) is 7.04. The Morgan fingerprint density at radius 1 is 1.21 bits per heavy atom. The van der Waals surface area contributed by atoms with Crippen molar-refractivity contribution < 1.29 is 23.7 Å². The Labute approximate surface area is 205 Å². The maximum Gasteiger partial charge on any atom is 0.410 e. The Bertz CT molecular complexity index is 786. The first-order valence-electron chi connectivity index (χ1n) is 11.9. The standard InChI is InChI=1S/C24H36BrN3O5/c1-23(2,3)33-22(29)28-11-13-31-24(17-28)6-8-27(9-7-24)10-12-30-19-14-20(15-19)32-21-5-4-18(25)16-26-21/h4-5,16,19-20H,6-15,17H2,1-3H3/t19-,20-. The van der Waals surface area contributed by atoms with Crippen molar-refractivity contribution in [3.05, 3.63) is 22.8 Å². The molecule has 0 aromatic carbocycles. The second kappa shape index (κ2) is 10.5. The van der Waals surface area contributed by atoms with Gasteiger partial charge in [0.25, 0.3) is 0 Å². The molecule has 33 heavy (non-hydrogen) atoms. The number of rotatable bonds is 6. The van der Waals surface area contributed by atoms with Gasteiger partial charge in [0.15, 0.2) is 0 Å². The molecule has 8 nitrogen and oxygen atoms in total. The number of piperidine rings is 1. The first-order valence-corrected chi connectivity index (χ1v) is 12.7. The molecule has 1 aromatic rings. The van der Waals surface area contributed by atoms with Crippen molar-refractivity contribution in [3.63, 3.8) is 0 Å². The number of likely N-dealkylation sites (tertiary alicyclic amines) is 1. The summed E-state index contributed by atoms with van der Waals surface area (Å²) in [6.45, 7) is 11.0. The third-order valence-electron chi connectivity index (χ3n) is 6.47. The van der Waals surface area contributed by atoms with Crippen LogP contribution in [0.2, 0.25) is 0 Å². The normalized spacial score (nSPS) is 25.5. The first kappa shape index (κ1) is 24.7. The van der Waals surface area contributed by atoms with E-state index in [1.54, 1.807) is 6.20 Å². The van der Waals surface area contributed by atoms with Crippen molar-refractivity contribution in [2.75, 3.05) is 45.9 Å². The topological polar surface area (TPSA) is 73.4 Å². The van der Waals surface area contributed by atoms with Crippen LogP contribution in [0.3, 0.4) is 0 Å². The average molecular weight is 526 g/mol. The summed E-state index contributed by atoms with van der Waals surface area (Å²) in [5, 5.41) is 0. The molecule has 2 saturated heterocycles. The highest BCUT2D eigenvalue weighted by Gasteiger charge is 2.42. The lowest BCUT2D eigenvalue weighted by Crippen LogP contribution is -2.58. The molecule has 0 bridgehead atoms. The van der Waals surface area contributed by atoms with E-state index in [1.165, 1.54) is 0 Å². The molecule has 1 amide bonds. The Hall–Kier alpha value is -1.42. The van der Waals surface area contributed by atoms with Crippen LogP contribution in [0, 0.1) is 0 Å². The van der Waals surface area contributed by atoms with Gasteiger partial charge in [-0.15, -0.1) is 0 Å². The zero-order chi connectivity index (χ0) is 23.5. The summed E-state index contributed by atoms with van der Waals surface area (Å²) < 4.78 is 24.6. The Morgan fingerprint density at radius 3 is 2.64 bits per heavy atom. The maximum atomic E-state index is 12.5. The maximum absolute atomic E-state index is 12.5. The molecule has 0 N–H and O–H groups in total. The van der Waals surface area contributed by atoms with E-state index in [2.05, 4.69) is 25.8 Å². The predicted molar refractivity (Wildman–Crippen MR) is 127 cm³/mol. The van der Waals surface area contributed by atoms with E-state index in [0.717, 1.165) is 56.4 Å². The number of ether oxygens (including phenoxy) is 4. The lowest BCUT2D eigenvalue weighted by atomic mass is 9.89. The molecule has 1 saturated carbocycles. The average Bonchev–Trinajstić information content (AvgIpc) is 2.73. The minimum atomic E-state index is -0.478. The summed E-state index contributed by atoms with van der Waals surface area (Å²) >= 11 is 3.38. The lowest BCUT2D eigenvalue weighted by molar-refractivity contribution is -0.135. The summed E-state index contributed by atoms with van der Waals surface area (Å²) in [4.78, 5) is 21.0. The number of carbonyl (C=O) groups excluding carboxylic acids is 1. The van der Waals surface area contributed by atoms with E-state index in [1.807, 2.05) is 37.8 Å². The number of nitrogens with zero attached hydrogens (tertiary/aromatic N) is 3. The summed E-state index contributed by atoms with van der Waals surface area (Å²) in [5.74, 6) is 0.666. The van der Waals surface area contributed by atoms with Crippen molar-refractivity contribution in [1.82, 2.24) is 14.8 Å². The van der Waals surface area contributed by atoms with Crippen LogP contribution in [0.1, 0.15) is 46.5 Å². The highest BCUT2D eigenvalue weighted by Crippen LogP contribution is 2.31. The SMILES string of the molecule is CC(C)(C)OC(=O)N1CCOC2(CCN(CCO[C@H]3C[C@H](Oc4ccc(Br)cn4)C3)CC2)C1. The number of hydrogen-bond donors (Lipinski definition) is 0. The van der Waals surface area contributed by atoms with Crippen LogP contribution in [0.25, 0.3) is 0 Å². The predicted octanol–water partition coefficient (Wildman–Crippen LogP) is 3.87. The molecular formula is C24H36BrN3O5. The fraction of sp³-hybridized carbons (Fsp3) is 0.750. The van der Waals surface area contributed by atoms with Gasteiger partial charge in [0.2, 0.25) is 5.88 Å². The van der Waals surface area contributed by atoms with Crippen LogP contribution < -0.4 is 4.74 Å².